The lowest BCUT2D eigenvalue weighted by Gasteiger charge is -2.29. The number of pyridine rings is 1. The minimum atomic E-state index is -4.40. The largest absolute Gasteiger partial charge is 0.416 e. The normalized spacial score (nSPS) is 20.2. The molecule has 3 heterocycles. The molecule has 0 radical (unpaired) electrons. The van der Waals surface area contributed by atoms with Crippen LogP contribution >= 0.6 is 11.5 Å². The van der Waals surface area contributed by atoms with Crippen molar-refractivity contribution in [3.63, 3.8) is 0 Å². The highest BCUT2D eigenvalue weighted by atomic mass is 32.1. The first-order valence-electron chi connectivity index (χ1n) is 12.2. The Balaban J connectivity index is 1.40. The van der Waals surface area contributed by atoms with Crippen molar-refractivity contribution in [3.8, 4) is 11.1 Å². The van der Waals surface area contributed by atoms with Gasteiger partial charge in [0.05, 0.1) is 11.3 Å². The molecule has 0 aliphatic heterocycles. The first-order valence-corrected chi connectivity index (χ1v) is 13.0. The number of nitrogens with one attached hydrogen (secondary N) is 1. The summed E-state index contributed by atoms with van der Waals surface area (Å²) >= 11 is 1.53. The number of benzene rings is 1. The van der Waals surface area contributed by atoms with E-state index in [0.29, 0.717) is 34.6 Å². The van der Waals surface area contributed by atoms with Gasteiger partial charge in [0.25, 0.3) is 0 Å². The highest BCUT2D eigenvalue weighted by molar-refractivity contribution is 7.10. The van der Waals surface area contributed by atoms with Crippen LogP contribution in [0, 0.1) is 18.8 Å². The number of halogens is 3. The molecule has 0 bridgehead atoms. The van der Waals surface area contributed by atoms with Crippen LogP contribution in [0.1, 0.15) is 37.9 Å². The van der Waals surface area contributed by atoms with Crippen molar-refractivity contribution in [3.05, 3.63) is 59.9 Å². The zero-order chi connectivity index (χ0) is 25.4. The summed E-state index contributed by atoms with van der Waals surface area (Å²) < 4.78 is 45.9. The van der Waals surface area contributed by atoms with E-state index >= 15 is 0 Å². The quantitative estimate of drug-likeness (QED) is 0.304. The maximum atomic E-state index is 13.3. The molecule has 1 aliphatic carbocycles. The molecule has 3 aromatic heterocycles. The zero-order valence-electron chi connectivity index (χ0n) is 20.5. The van der Waals surface area contributed by atoms with Crippen molar-refractivity contribution in [1.29, 1.82) is 0 Å². The van der Waals surface area contributed by atoms with E-state index in [2.05, 4.69) is 39.6 Å². The van der Waals surface area contributed by atoms with Gasteiger partial charge in [-0.15, -0.1) is 5.10 Å². The van der Waals surface area contributed by atoms with E-state index in [4.69, 9.17) is 4.98 Å². The van der Waals surface area contributed by atoms with Crippen LogP contribution in [0.3, 0.4) is 0 Å². The molecule has 1 aromatic carbocycles. The van der Waals surface area contributed by atoms with Crippen LogP contribution in [0.2, 0.25) is 0 Å². The van der Waals surface area contributed by atoms with Gasteiger partial charge in [0, 0.05) is 30.9 Å². The van der Waals surface area contributed by atoms with Crippen LogP contribution < -0.4 is 10.2 Å². The predicted molar refractivity (Wildman–Crippen MR) is 137 cm³/mol. The summed E-state index contributed by atoms with van der Waals surface area (Å²) in [6.45, 7) is 8.25. The van der Waals surface area contributed by atoms with Gasteiger partial charge in [-0.1, -0.05) is 19.1 Å². The first-order chi connectivity index (χ1) is 17.2. The van der Waals surface area contributed by atoms with Gasteiger partial charge in [-0.2, -0.15) is 22.5 Å². The van der Waals surface area contributed by atoms with Gasteiger partial charge in [-0.25, -0.2) is 4.52 Å². The molecule has 1 N–H and O–H groups in total. The van der Waals surface area contributed by atoms with E-state index in [1.54, 1.807) is 28.9 Å². The molecule has 6 nitrogen and oxygen atoms in total. The molecule has 1 aliphatic rings. The number of anilines is 2. The number of aryl methyl sites for hydroxylation is 1. The van der Waals surface area contributed by atoms with Gasteiger partial charge in [-0.3, -0.25) is 0 Å². The molecule has 0 unspecified atom stereocenters. The minimum Gasteiger partial charge on any atom is -0.362 e. The average Bonchev–Trinajstić information content (AvgIpc) is 3.56. The predicted octanol–water partition coefficient (Wildman–Crippen LogP) is 6.53. The summed E-state index contributed by atoms with van der Waals surface area (Å²) in [5.41, 5.74) is 1.95. The standard InChI is InChI=1S/C26H29F3N6S/c1-4-34(22-13-17(3)33-36-22)15-19-11-10-16(2)23(19)30-25-31-24-21(9-6-12-35(24)32-25)18-7-5-8-20(14-18)26(27,28)29/h5-9,12-14,16,19,23H,4,10-11,15H2,1-3H3,(H,30,32)/t16-,19-,23+/m0/s1. The molecular weight excluding hydrogens is 485 g/mol. The third kappa shape index (κ3) is 4.91. The van der Waals surface area contributed by atoms with E-state index in [0.717, 1.165) is 43.8 Å². The summed E-state index contributed by atoms with van der Waals surface area (Å²) in [7, 11) is 0. The molecule has 0 saturated heterocycles. The number of hydrogen-bond acceptors (Lipinski definition) is 6. The second kappa shape index (κ2) is 9.72. The van der Waals surface area contributed by atoms with Crippen molar-refractivity contribution in [2.45, 2.75) is 45.8 Å². The second-order valence-corrected chi connectivity index (χ2v) is 10.3. The van der Waals surface area contributed by atoms with Crippen molar-refractivity contribution in [2.75, 3.05) is 23.3 Å². The third-order valence-corrected chi connectivity index (χ3v) is 7.98. The lowest BCUT2D eigenvalue weighted by molar-refractivity contribution is -0.137. The monoisotopic (exact) mass is 514 g/mol. The number of rotatable bonds is 7. The maximum absolute atomic E-state index is 13.3. The van der Waals surface area contributed by atoms with E-state index in [1.807, 2.05) is 6.92 Å². The van der Waals surface area contributed by atoms with Crippen molar-refractivity contribution >= 4 is 28.1 Å². The highest BCUT2D eigenvalue weighted by Crippen LogP contribution is 2.36. The lowest BCUT2D eigenvalue weighted by atomic mass is 9.98. The smallest absolute Gasteiger partial charge is 0.362 e. The van der Waals surface area contributed by atoms with Crippen molar-refractivity contribution in [1.82, 2.24) is 19.0 Å². The third-order valence-electron chi connectivity index (χ3n) is 7.04. The summed E-state index contributed by atoms with van der Waals surface area (Å²) in [6, 6.07) is 11.2. The van der Waals surface area contributed by atoms with Crippen LogP contribution in [-0.2, 0) is 6.18 Å². The molecule has 0 spiro atoms. The molecule has 190 valence electrons. The Labute approximate surface area is 212 Å². The van der Waals surface area contributed by atoms with Crippen LogP contribution in [-0.4, -0.2) is 38.1 Å². The van der Waals surface area contributed by atoms with E-state index < -0.39 is 11.7 Å². The van der Waals surface area contributed by atoms with Gasteiger partial charge in [0.1, 0.15) is 5.00 Å². The van der Waals surface area contributed by atoms with E-state index in [9.17, 15) is 13.2 Å². The SMILES string of the molecule is CCN(C[C@@H]1CC[C@H](C)[C@H]1Nc1nc2c(-c3cccc(C(F)(F)F)c3)cccn2n1)c1cc(C)ns1. The Bertz CT molecular complexity index is 1350. The Kier molecular flexibility index (Phi) is 6.63. The molecule has 0 amide bonds. The fraction of sp³-hybridized carbons (Fsp3) is 0.423. The second-order valence-electron chi connectivity index (χ2n) is 9.53. The summed E-state index contributed by atoms with van der Waals surface area (Å²) in [5, 5.41) is 9.37. The number of hydrogen-bond donors (Lipinski definition) is 1. The average molecular weight is 515 g/mol. The van der Waals surface area contributed by atoms with E-state index in [-0.39, 0.29) is 6.04 Å². The fourth-order valence-electron chi connectivity index (χ4n) is 5.13. The molecule has 36 heavy (non-hydrogen) atoms. The molecule has 5 rings (SSSR count). The number of nitrogens with zero attached hydrogens (tertiary/aromatic N) is 5. The fourth-order valence-corrected chi connectivity index (χ4v) is 5.96. The van der Waals surface area contributed by atoms with Crippen molar-refractivity contribution < 1.29 is 13.2 Å². The summed E-state index contributed by atoms with van der Waals surface area (Å²) in [4.78, 5) is 7.09. The Morgan fingerprint density at radius 3 is 2.72 bits per heavy atom. The summed E-state index contributed by atoms with van der Waals surface area (Å²) in [6.07, 6.45) is -0.412. The van der Waals surface area contributed by atoms with Crippen LogP contribution in [0.5, 0.6) is 0 Å². The highest BCUT2D eigenvalue weighted by Gasteiger charge is 2.35. The molecule has 1 fully saturated rings. The number of alkyl halides is 3. The minimum absolute atomic E-state index is 0.197. The molecule has 1 saturated carbocycles. The molecule has 3 atom stereocenters. The van der Waals surface area contributed by atoms with Gasteiger partial charge in [0.15, 0.2) is 5.65 Å². The number of fused-ring (bicyclic) bond motifs is 1. The van der Waals surface area contributed by atoms with Crippen LogP contribution in [0.4, 0.5) is 24.1 Å². The maximum Gasteiger partial charge on any atom is 0.416 e. The lowest BCUT2D eigenvalue weighted by Crippen LogP contribution is -2.38. The zero-order valence-corrected chi connectivity index (χ0v) is 21.3. The Morgan fingerprint density at radius 2 is 2.00 bits per heavy atom. The summed E-state index contributed by atoms with van der Waals surface area (Å²) in [5.74, 6) is 1.36. The van der Waals surface area contributed by atoms with E-state index in [1.165, 1.54) is 22.6 Å². The van der Waals surface area contributed by atoms with Crippen LogP contribution in [0.25, 0.3) is 16.8 Å². The molecule has 10 heteroatoms. The Hall–Kier alpha value is -3.14. The first kappa shape index (κ1) is 24.5. The number of aromatic nitrogens is 4. The van der Waals surface area contributed by atoms with Crippen molar-refractivity contribution in [2.24, 2.45) is 11.8 Å². The topological polar surface area (TPSA) is 58.4 Å². The molecule has 4 aromatic rings. The van der Waals surface area contributed by atoms with Gasteiger partial charge < -0.3 is 10.2 Å². The van der Waals surface area contributed by atoms with Gasteiger partial charge in [0.2, 0.25) is 5.95 Å². The van der Waals surface area contributed by atoms with Crippen LogP contribution in [0.15, 0.2) is 48.7 Å². The van der Waals surface area contributed by atoms with Gasteiger partial charge >= 0.3 is 6.18 Å². The Morgan fingerprint density at radius 1 is 1.17 bits per heavy atom. The molecular formula is C26H29F3N6S. The van der Waals surface area contributed by atoms with Gasteiger partial charge in [-0.05, 0) is 86.0 Å².